The molecule has 29 heavy (non-hydrogen) atoms. The van der Waals surface area contributed by atoms with Crippen molar-refractivity contribution in [2.75, 3.05) is 10.6 Å². The van der Waals surface area contributed by atoms with Gasteiger partial charge in [0.25, 0.3) is 0 Å². The topological polar surface area (TPSA) is 85.5 Å². The number of benzene rings is 2. The van der Waals surface area contributed by atoms with Crippen molar-refractivity contribution in [3.63, 3.8) is 0 Å². The molecule has 3 heterocycles. The SMILES string of the molecule is Cn1ncc2cc(Nc3ncc(F)c(Nc4ccc5c(cnn5C)c4)n3)ccc21. The van der Waals surface area contributed by atoms with E-state index in [0.717, 1.165) is 33.7 Å². The lowest BCUT2D eigenvalue weighted by Crippen LogP contribution is -2.03. The fourth-order valence-corrected chi connectivity index (χ4v) is 3.26. The van der Waals surface area contributed by atoms with E-state index in [2.05, 4.69) is 30.8 Å². The summed E-state index contributed by atoms with van der Waals surface area (Å²) >= 11 is 0. The van der Waals surface area contributed by atoms with Crippen LogP contribution in [0.5, 0.6) is 0 Å². The molecule has 2 N–H and O–H groups in total. The standard InChI is InChI=1S/C20H17FN8/c1-28-17-5-3-14(7-12(17)9-23-28)25-19-16(21)11-22-20(27-19)26-15-4-6-18-13(8-15)10-24-29(18)2/h3-11H,1-2H3,(H2,22,25,26,27). The van der Waals surface area contributed by atoms with Crippen molar-refractivity contribution in [2.45, 2.75) is 0 Å². The predicted molar refractivity (Wildman–Crippen MR) is 110 cm³/mol. The van der Waals surface area contributed by atoms with E-state index in [9.17, 15) is 4.39 Å². The predicted octanol–water partition coefficient (Wildman–Crippen LogP) is 3.88. The van der Waals surface area contributed by atoms with Crippen molar-refractivity contribution in [2.24, 2.45) is 14.1 Å². The van der Waals surface area contributed by atoms with Crippen LogP contribution in [0, 0.1) is 5.82 Å². The number of hydrogen-bond acceptors (Lipinski definition) is 6. The molecule has 5 rings (SSSR count). The second kappa shape index (κ2) is 6.55. The second-order valence-corrected chi connectivity index (χ2v) is 6.72. The summed E-state index contributed by atoms with van der Waals surface area (Å²) < 4.78 is 17.9. The Bertz CT molecular complexity index is 1350. The van der Waals surface area contributed by atoms with Crippen LogP contribution in [0.25, 0.3) is 21.8 Å². The first-order chi connectivity index (χ1) is 14.1. The van der Waals surface area contributed by atoms with Crippen molar-refractivity contribution in [1.29, 1.82) is 0 Å². The van der Waals surface area contributed by atoms with Crippen LogP contribution < -0.4 is 10.6 Å². The first-order valence-electron chi connectivity index (χ1n) is 8.97. The molecule has 0 radical (unpaired) electrons. The summed E-state index contributed by atoms with van der Waals surface area (Å²) in [6.07, 6.45) is 4.69. The van der Waals surface area contributed by atoms with Crippen molar-refractivity contribution in [1.82, 2.24) is 29.5 Å². The number of nitrogens with zero attached hydrogens (tertiary/aromatic N) is 6. The summed E-state index contributed by atoms with van der Waals surface area (Å²) in [7, 11) is 3.76. The molecular formula is C20H17FN8. The molecule has 0 fully saturated rings. The maximum atomic E-state index is 14.3. The van der Waals surface area contributed by atoms with Crippen molar-refractivity contribution in [3.05, 3.63) is 60.8 Å². The highest BCUT2D eigenvalue weighted by Crippen LogP contribution is 2.25. The van der Waals surface area contributed by atoms with Crippen molar-refractivity contribution >= 4 is 44.9 Å². The highest BCUT2D eigenvalue weighted by Gasteiger charge is 2.10. The van der Waals surface area contributed by atoms with Crippen LogP contribution in [0.4, 0.5) is 27.5 Å². The summed E-state index contributed by atoms with van der Waals surface area (Å²) in [5, 5.41) is 16.5. The van der Waals surface area contributed by atoms with E-state index in [1.807, 2.05) is 50.5 Å². The van der Waals surface area contributed by atoms with Gasteiger partial charge in [0.1, 0.15) is 0 Å². The average Bonchev–Trinajstić information content (AvgIpc) is 3.27. The van der Waals surface area contributed by atoms with Crippen LogP contribution in [0.1, 0.15) is 0 Å². The molecule has 0 unspecified atom stereocenters. The zero-order chi connectivity index (χ0) is 20.0. The largest absolute Gasteiger partial charge is 0.338 e. The minimum atomic E-state index is -0.537. The van der Waals surface area contributed by atoms with E-state index < -0.39 is 5.82 Å². The normalized spacial score (nSPS) is 11.3. The van der Waals surface area contributed by atoms with Gasteiger partial charge in [0.15, 0.2) is 11.6 Å². The molecule has 0 atom stereocenters. The van der Waals surface area contributed by atoms with Crippen molar-refractivity contribution in [3.8, 4) is 0 Å². The van der Waals surface area contributed by atoms with E-state index in [-0.39, 0.29) is 5.82 Å². The Balaban J connectivity index is 1.42. The molecule has 3 aromatic heterocycles. The summed E-state index contributed by atoms with van der Waals surface area (Å²) in [6, 6.07) is 11.5. The molecule has 5 aromatic rings. The number of rotatable bonds is 4. The number of nitrogens with one attached hydrogen (secondary N) is 2. The Kier molecular flexibility index (Phi) is 3.87. The molecule has 0 bridgehead atoms. The van der Waals surface area contributed by atoms with E-state index >= 15 is 0 Å². The third kappa shape index (κ3) is 3.12. The van der Waals surface area contributed by atoms with Gasteiger partial charge in [0, 0.05) is 36.2 Å². The molecule has 0 saturated heterocycles. The monoisotopic (exact) mass is 388 g/mol. The minimum Gasteiger partial charge on any atom is -0.338 e. The smallest absolute Gasteiger partial charge is 0.229 e. The second-order valence-electron chi connectivity index (χ2n) is 6.72. The fourth-order valence-electron chi connectivity index (χ4n) is 3.26. The fraction of sp³-hybridized carbons (Fsp3) is 0.100. The van der Waals surface area contributed by atoms with Gasteiger partial charge in [-0.15, -0.1) is 0 Å². The highest BCUT2D eigenvalue weighted by atomic mass is 19.1. The Labute approximate surface area is 165 Å². The van der Waals surface area contributed by atoms with Gasteiger partial charge in [0.2, 0.25) is 5.95 Å². The van der Waals surface area contributed by atoms with E-state index in [0.29, 0.717) is 11.6 Å². The number of aryl methyl sites for hydroxylation is 2. The number of hydrogen-bond donors (Lipinski definition) is 2. The van der Waals surface area contributed by atoms with E-state index in [1.54, 1.807) is 21.8 Å². The van der Waals surface area contributed by atoms with Crippen LogP contribution in [0.15, 0.2) is 55.0 Å². The van der Waals surface area contributed by atoms with Crippen LogP contribution in [0.3, 0.4) is 0 Å². The quantitative estimate of drug-likeness (QED) is 0.486. The molecule has 144 valence electrons. The number of aromatic nitrogens is 6. The zero-order valence-corrected chi connectivity index (χ0v) is 15.8. The maximum absolute atomic E-state index is 14.3. The lowest BCUT2D eigenvalue weighted by molar-refractivity contribution is 0.619. The zero-order valence-electron chi connectivity index (χ0n) is 15.8. The van der Waals surface area contributed by atoms with Gasteiger partial charge in [-0.25, -0.2) is 9.37 Å². The molecule has 2 aromatic carbocycles. The lowest BCUT2D eigenvalue weighted by atomic mass is 10.2. The molecule has 0 saturated carbocycles. The summed E-state index contributed by atoms with van der Waals surface area (Å²) in [4.78, 5) is 8.33. The Morgan fingerprint density at radius 1 is 0.793 bits per heavy atom. The van der Waals surface area contributed by atoms with Gasteiger partial charge in [0.05, 0.1) is 29.6 Å². The van der Waals surface area contributed by atoms with Gasteiger partial charge in [-0.1, -0.05) is 0 Å². The van der Waals surface area contributed by atoms with Gasteiger partial charge in [-0.3, -0.25) is 9.36 Å². The molecule has 8 nitrogen and oxygen atoms in total. The van der Waals surface area contributed by atoms with Gasteiger partial charge in [-0.05, 0) is 36.4 Å². The Hall–Kier alpha value is -4.01. The van der Waals surface area contributed by atoms with Gasteiger partial charge >= 0.3 is 0 Å². The first-order valence-corrected chi connectivity index (χ1v) is 8.97. The Morgan fingerprint density at radius 3 is 2.00 bits per heavy atom. The molecule has 9 heteroatoms. The summed E-state index contributed by atoms with van der Waals surface area (Å²) in [6.45, 7) is 0. The maximum Gasteiger partial charge on any atom is 0.229 e. The number of anilines is 4. The average molecular weight is 388 g/mol. The van der Waals surface area contributed by atoms with Crippen LogP contribution >= 0.6 is 0 Å². The molecule has 0 aliphatic carbocycles. The molecule has 0 spiro atoms. The third-order valence-corrected chi connectivity index (χ3v) is 4.76. The van der Waals surface area contributed by atoms with E-state index in [4.69, 9.17) is 0 Å². The minimum absolute atomic E-state index is 0.0909. The number of fused-ring (bicyclic) bond motifs is 2. The van der Waals surface area contributed by atoms with E-state index in [1.165, 1.54) is 0 Å². The van der Waals surface area contributed by atoms with Crippen LogP contribution in [-0.4, -0.2) is 29.5 Å². The first kappa shape index (κ1) is 17.1. The molecule has 0 aliphatic heterocycles. The molecular weight excluding hydrogens is 371 g/mol. The lowest BCUT2D eigenvalue weighted by Gasteiger charge is -2.10. The van der Waals surface area contributed by atoms with Gasteiger partial charge in [-0.2, -0.15) is 15.2 Å². The third-order valence-electron chi connectivity index (χ3n) is 4.76. The van der Waals surface area contributed by atoms with Crippen LogP contribution in [0.2, 0.25) is 0 Å². The van der Waals surface area contributed by atoms with Crippen LogP contribution in [-0.2, 0) is 14.1 Å². The Morgan fingerprint density at radius 2 is 1.38 bits per heavy atom. The highest BCUT2D eigenvalue weighted by molar-refractivity contribution is 5.84. The molecule has 0 aliphatic rings. The van der Waals surface area contributed by atoms with Gasteiger partial charge < -0.3 is 10.6 Å². The molecule has 0 amide bonds. The van der Waals surface area contributed by atoms with Crippen molar-refractivity contribution < 1.29 is 4.39 Å². The summed E-state index contributed by atoms with van der Waals surface area (Å²) in [5.41, 5.74) is 3.52. The number of halogens is 1. The summed E-state index contributed by atoms with van der Waals surface area (Å²) in [5.74, 6) is -0.155.